The number of rotatable bonds is 3. The topological polar surface area (TPSA) is 82.4 Å². The molecule has 0 saturated carbocycles. The number of nitrogens with zero attached hydrogens (tertiary/aromatic N) is 4. The first kappa shape index (κ1) is 22.0. The fourth-order valence-corrected chi connectivity index (χ4v) is 4.42. The average Bonchev–Trinajstić information content (AvgIpc) is 3.52. The molecule has 2 heterocycles. The summed E-state index contributed by atoms with van der Waals surface area (Å²) in [4.78, 5) is 38.7. The Kier molecular flexibility index (Phi) is 5.07. The SMILES string of the molecule is [C-]#[N+]c1ccc(-c2nc3c(nc(C=C4C(=O)c5cc(Cl)c(Cl)cc5C4=O)n3-c3ccccc3)o2)cc1. The minimum atomic E-state index is -0.457. The minimum absolute atomic E-state index is 0.0527. The number of imidazole rings is 1. The Labute approximate surface area is 214 Å². The Balaban J connectivity index is 1.51. The van der Waals surface area contributed by atoms with Gasteiger partial charge in [-0.15, -0.1) is 0 Å². The van der Waals surface area contributed by atoms with E-state index in [1.54, 1.807) is 28.8 Å². The van der Waals surface area contributed by atoms with Crippen LogP contribution < -0.4 is 0 Å². The third kappa shape index (κ3) is 3.43. The molecule has 9 heteroatoms. The quantitative estimate of drug-likeness (QED) is 0.148. The molecular weight excluding hydrogens is 499 g/mol. The number of ketones is 2. The smallest absolute Gasteiger partial charge is 0.267 e. The molecule has 7 nitrogen and oxygen atoms in total. The molecule has 172 valence electrons. The van der Waals surface area contributed by atoms with Crippen molar-refractivity contribution in [2.45, 2.75) is 0 Å². The van der Waals surface area contributed by atoms with Gasteiger partial charge in [0, 0.05) is 22.4 Å². The number of hydrogen-bond acceptors (Lipinski definition) is 5. The molecule has 0 radical (unpaired) electrons. The zero-order valence-electron chi connectivity index (χ0n) is 18.2. The molecule has 0 amide bonds. The van der Waals surface area contributed by atoms with Crippen LogP contribution in [0.4, 0.5) is 5.69 Å². The summed E-state index contributed by atoms with van der Waals surface area (Å²) in [7, 11) is 0. The number of benzene rings is 3. The summed E-state index contributed by atoms with van der Waals surface area (Å²) in [5.74, 6) is -0.278. The van der Waals surface area contributed by atoms with Crippen LogP contribution in [-0.2, 0) is 0 Å². The molecule has 5 aromatic rings. The lowest BCUT2D eigenvalue weighted by Gasteiger charge is -2.05. The third-order valence-corrected chi connectivity index (χ3v) is 6.54. The lowest BCUT2D eigenvalue weighted by atomic mass is 10.1. The summed E-state index contributed by atoms with van der Waals surface area (Å²) >= 11 is 12.1. The van der Waals surface area contributed by atoms with Gasteiger partial charge in [-0.3, -0.25) is 14.2 Å². The predicted octanol–water partition coefficient (Wildman–Crippen LogP) is 7.00. The van der Waals surface area contributed by atoms with Gasteiger partial charge in [-0.25, -0.2) is 4.85 Å². The first-order chi connectivity index (χ1) is 17.4. The second-order valence-electron chi connectivity index (χ2n) is 7.98. The number of aromatic nitrogens is 3. The summed E-state index contributed by atoms with van der Waals surface area (Å²) in [6.45, 7) is 7.12. The maximum Gasteiger partial charge on any atom is 0.267 e. The van der Waals surface area contributed by atoms with E-state index in [2.05, 4.69) is 14.8 Å². The number of allylic oxidation sites excluding steroid dienone is 1. The Bertz CT molecular complexity index is 1750. The van der Waals surface area contributed by atoms with Gasteiger partial charge in [0.2, 0.25) is 11.5 Å². The van der Waals surface area contributed by atoms with Crippen molar-refractivity contribution in [1.29, 1.82) is 0 Å². The van der Waals surface area contributed by atoms with Crippen LogP contribution in [-0.4, -0.2) is 26.1 Å². The highest BCUT2D eigenvalue weighted by atomic mass is 35.5. The van der Waals surface area contributed by atoms with E-state index < -0.39 is 11.6 Å². The Hall–Kier alpha value is -4.51. The number of Topliss-reactive ketones (excluding diaryl/α,β-unsaturated/α-hetero) is 2. The van der Waals surface area contributed by atoms with Crippen molar-refractivity contribution < 1.29 is 14.0 Å². The molecule has 1 aliphatic rings. The molecule has 0 atom stereocenters. The fraction of sp³-hybridized carbons (Fsp3) is 0. The van der Waals surface area contributed by atoms with Crippen LogP contribution in [0.15, 0.2) is 76.7 Å². The van der Waals surface area contributed by atoms with Crippen molar-refractivity contribution in [3.8, 4) is 17.1 Å². The molecule has 3 aromatic carbocycles. The van der Waals surface area contributed by atoms with Gasteiger partial charge in [0.25, 0.3) is 5.71 Å². The first-order valence-electron chi connectivity index (χ1n) is 10.7. The van der Waals surface area contributed by atoms with Crippen LogP contribution in [0.1, 0.15) is 26.5 Å². The summed E-state index contributed by atoms with van der Waals surface area (Å²) < 4.78 is 7.64. The number of para-hydroxylation sites is 1. The fourth-order valence-electron chi connectivity index (χ4n) is 4.09. The van der Waals surface area contributed by atoms with Gasteiger partial charge in [0.1, 0.15) is 5.82 Å². The van der Waals surface area contributed by atoms with Gasteiger partial charge in [0.05, 0.1) is 22.2 Å². The Morgan fingerprint density at radius 1 is 0.889 bits per heavy atom. The van der Waals surface area contributed by atoms with Gasteiger partial charge in [0.15, 0.2) is 17.3 Å². The molecule has 6 rings (SSSR count). The standard InChI is InChI=1S/C27H12Cl2N4O3/c1-30-15-9-7-14(8-10-15)26-32-25-27(36-26)31-22(33(25)16-5-3-2-4-6-16)13-19-23(34)17-11-20(28)21(29)12-18(17)24(19)35/h2-13H. The van der Waals surface area contributed by atoms with Gasteiger partial charge in [-0.05, 0) is 30.3 Å². The van der Waals surface area contributed by atoms with Gasteiger partial charge >= 0.3 is 0 Å². The van der Waals surface area contributed by atoms with Crippen LogP contribution in [0.25, 0.3) is 39.4 Å². The van der Waals surface area contributed by atoms with E-state index in [-0.39, 0.29) is 32.5 Å². The monoisotopic (exact) mass is 510 g/mol. The summed E-state index contributed by atoms with van der Waals surface area (Å²) in [5.41, 5.74) is 2.90. The van der Waals surface area contributed by atoms with Gasteiger partial charge < -0.3 is 4.42 Å². The van der Waals surface area contributed by atoms with Gasteiger partial charge in [-0.1, -0.05) is 65.7 Å². The highest BCUT2D eigenvalue weighted by Gasteiger charge is 2.35. The molecule has 0 fully saturated rings. The Morgan fingerprint density at radius 2 is 1.53 bits per heavy atom. The van der Waals surface area contributed by atoms with E-state index in [9.17, 15) is 9.59 Å². The molecule has 36 heavy (non-hydrogen) atoms. The number of hydrogen-bond donors (Lipinski definition) is 0. The molecule has 0 spiro atoms. The maximum atomic E-state index is 13.1. The molecular formula is C27H12Cl2N4O3. The van der Waals surface area contributed by atoms with Crippen molar-refractivity contribution >= 4 is 57.9 Å². The first-order valence-corrected chi connectivity index (χ1v) is 11.4. The lowest BCUT2D eigenvalue weighted by molar-refractivity contribution is 0.0990. The number of fused-ring (bicyclic) bond motifs is 2. The lowest BCUT2D eigenvalue weighted by Crippen LogP contribution is -2.04. The van der Waals surface area contributed by atoms with Crippen molar-refractivity contribution in [2.75, 3.05) is 0 Å². The van der Waals surface area contributed by atoms with E-state index in [4.69, 9.17) is 34.2 Å². The zero-order valence-corrected chi connectivity index (χ0v) is 19.7. The third-order valence-electron chi connectivity index (χ3n) is 5.82. The van der Waals surface area contributed by atoms with E-state index >= 15 is 0 Å². The highest BCUT2D eigenvalue weighted by molar-refractivity contribution is 6.46. The van der Waals surface area contributed by atoms with Crippen LogP contribution >= 0.6 is 23.2 Å². The van der Waals surface area contributed by atoms with Crippen LogP contribution in [0.5, 0.6) is 0 Å². The van der Waals surface area contributed by atoms with Crippen LogP contribution in [0.2, 0.25) is 10.0 Å². The van der Waals surface area contributed by atoms with Crippen molar-refractivity contribution in [3.63, 3.8) is 0 Å². The molecule has 2 aromatic heterocycles. The maximum absolute atomic E-state index is 13.1. The second kappa shape index (κ2) is 8.31. The van der Waals surface area contributed by atoms with E-state index in [1.165, 1.54) is 18.2 Å². The van der Waals surface area contributed by atoms with Crippen LogP contribution in [0, 0.1) is 6.57 Å². The van der Waals surface area contributed by atoms with E-state index in [0.29, 0.717) is 28.6 Å². The van der Waals surface area contributed by atoms with Crippen LogP contribution in [0.3, 0.4) is 0 Å². The normalized spacial score (nSPS) is 12.8. The minimum Gasteiger partial charge on any atom is -0.416 e. The molecule has 0 aliphatic heterocycles. The second-order valence-corrected chi connectivity index (χ2v) is 8.79. The molecule has 0 bridgehead atoms. The van der Waals surface area contributed by atoms with E-state index in [0.717, 1.165) is 5.69 Å². The number of oxazole rings is 1. The van der Waals surface area contributed by atoms with Gasteiger partial charge in [-0.2, -0.15) is 9.97 Å². The number of carbonyl (C=O) groups excluding carboxylic acids is 2. The zero-order chi connectivity index (χ0) is 25.0. The van der Waals surface area contributed by atoms with Crippen molar-refractivity contribution in [3.05, 3.63) is 111 Å². The average molecular weight is 511 g/mol. The summed E-state index contributed by atoms with van der Waals surface area (Å²) in [5, 5.41) is 0.393. The Morgan fingerprint density at radius 3 is 2.14 bits per heavy atom. The summed E-state index contributed by atoms with van der Waals surface area (Å²) in [6.07, 6.45) is 1.43. The highest BCUT2D eigenvalue weighted by Crippen LogP contribution is 2.35. The molecule has 0 N–H and O–H groups in total. The molecule has 0 saturated heterocycles. The predicted molar refractivity (Wildman–Crippen MR) is 136 cm³/mol. The summed E-state index contributed by atoms with van der Waals surface area (Å²) in [6, 6.07) is 19.0. The number of halogens is 2. The molecule has 1 aliphatic carbocycles. The van der Waals surface area contributed by atoms with Crippen molar-refractivity contribution in [2.24, 2.45) is 0 Å². The number of carbonyl (C=O) groups is 2. The van der Waals surface area contributed by atoms with Crippen molar-refractivity contribution in [1.82, 2.24) is 14.5 Å². The van der Waals surface area contributed by atoms with E-state index in [1.807, 2.05) is 30.3 Å². The molecule has 0 unspecified atom stereocenters. The largest absolute Gasteiger partial charge is 0.416 e.